The van der Waals surface area contributed by atoms with Crippen LogP contribution in [0.5, 0.6) is 0 Å². The second kappa shape index (κ2) is 4.42. The number of halogens is 1. The molecule has 0 aliphatic rings. The molecule has 72 valence electrons. The van der Waals surface area contributed by atoms with Gasteiger partial charge < -0.3 is 4.90 Å². The highest BCUT2D eigenvalue weighted by Gasteiger charge is 2.12. The van der Waals surface area contributed by atoms with Crippen molar-refractivity contribution >= 4 is 17.4 Å². The lowest BCUT2D eigenvalue weighted by Gasteiger charge is -2.26. The van der Waals surface area contributed by atoms with Crippen LogP contribution in [0.1, 0.15) is 20.8 Å². The summed E-state index contributed by atoms with van der Waals surface area (Å²) in [6, 6.07) is 0.400. The smallest absolute Gasteiger partial charge is 0.151 e. The van der Waals surface area contributed by atoms with Crippen LogP contribution in [0.25, 0.3) is 0 Å². The SMILES string of the molecule is CCN(c1ncncc1Cl)C(C)C. The maximum atomic E-state index is 5.98. The van der Waals surface area contributed by atoms with Gasteiger partial charge in [0.05, 0.1) is 6.20 Å². The summed E-state index contributed by atoms with van der Waals surface area (Å²) in [4.78, 5) is 10.1. The molecule has 0 atom stereocenters. The van der Waals surface area contributed by atoms with Crippen LogP contribution in [-0.2, 0) is 0 Å². The van der Waals surface area contributed by atoms with Crippen molar-refractivity contribution in [1.82, 2.24) is 9.97 Å². The van der Waals surface area contributed by atoms with Crippen molar-refractivity contribution in [2.45, 2.75) is 26.8 Å². The van der Waals surface area contributed by atoms with Crippen LogP contribution in [0.15, 0.2) is 12.5 Å². The summed E-state index contributed by atoms with van der Waals surface area (Å²) >= 11 is 5.98. The van der Waals surface area contributed by atoms with Gasteiger partial charge in [-0.25, -0.2) is 9.97 Å². The molecule has 0 amide bonds. The standard InChI is InChI=1S/C9H14ClN3/c1-4-13(7(2)3)9-8(10)5-11-6-12-9/h5-7H,4H2,1-3H3. The Hall–Kier alpha value is -0.830. The number of hydrogen-bond donors (Lipinski definition) is 0. The summed E-state index contributed by atoms with van der Waals surface area (Å²) in [5, 5.41) is 0.609. The Balaban J connectivity index is 2.97. The summed E-state index contributed by atoms with van der Waals surface area (Å²) in [6.45, 7) is 7.21. The molecule has 0 aliphatic carbocycles. The molecule has 0 aliphatic heterocycles. The lowest BCUT2D eigenvalue weighted by molar-refractivity contribution is 0.692. The number of nitrogens with zero attached hydrogens (tertiary/aromatic N) is 3. The first kappa shape index (κ1) is 10.3. The van der Waals surface area contributed by atoms with Crippen molar-refractivity contribution in [2.75, 3.05) is 11.4 Å². The maximum absolute atomic E-state index is 5.98. The van der Waals surface area contributed by atoms with Crippen LogP contribution < -0.4 is 4.90 Å². The molecule has 0 spiro atoms. The fraction of sp³-hybridized carbons (Fsp3) is 0.556. The predicted molar refractivity (Wildman–Crippen MR) is 55.2 cm³/mol. The third-order valence-corrected chi connectivity index (χ3v) is 2.15. The zero-order valence-electron chi connectivity index (χ0n) is 8.16. The van der Waals surface area contributed by atoms with E-state index in [0.717, 1.165) is 12.4 Å². The minimum Gasteiger partial charge on any atom is -0.353 e. The van der Waals surface area contributed by atoms with Crippen molar-refractivity contribution in [2.24, 2.45) is 0 Å². The molecule has 3 nitrogen and oxygen atoms in total. The van der Waals surface area contributed by atoms with E-state index in [1.54, 1.807) is 6.20 Å². The second-order valence-corrected chi connectivity index (χ2v) is 3.48. The summed E-state index contributed by atoms with van der Waals surface area (Å²) in [7, 11) is 0. The fourth-order valence-electron chi connectivity index (χ4n) is 1.28. The molecule has 1 rings (SSSR count). The monoisotopic (exact) mass is 199 g/mol. The van der Waals surface area contributed by atoms with Gasteiger partial charge in [-0.3, -0.25) is 0 Å². The number of hydrogen-bond acceptors (Lipinski definition) is 3. The Morgan fingerprint density at radius 1 is 1.54 bits per heavy atom. The first-order valence-corrected chi connectivity index (χ1v) is 4.76. The van der Waals surface area contributed by atoms with Gasteiger partial charge in [-0.1, -0.05) is 11.6 Å². The lowest BCUT2D eigenvalue weighted by atomic mass is 10.3. The minimum absolute atomic E-state index is 0.400. The first-order chi connectivity index (χ1) is 6.16. The normalized spacial score (nSPS) is 10.5. The van der Waals surface area contributed by atoms with E-state index in [9.17, 15) is 0 Å². The van der Waals surface area contributed by atoms with Crippen molar-refractivity contribution in [1.29, 1.82) is 0 Å². The van der Waals surface area contributed by atoms with Crippen molar-refractivity contribution in [3.05, 3.63) is 17.5 Å². The summed E-state index contributed by atoms with van der Waals surface area (Å²) in [6.07, 6.45) is 3.14. The zero-order valence-corrected chi connectivity index (χ0v) is 8.91. The molecule has 1 aromatic rings. The minimum atomic E-state index is 0.400. The Morgan fingerprint density at radius 3 is 2.69 bits per heavy atom. The van der Waals surface area contributed by atoms with Gasteiger partial charge in [-0.2, -0.15) is 0 Å². The molecule has 0 N–H and O–H groups in total. The Morgan fingerprint density at radius 2 is 2.23 bits per heavy atom. The molecular formula is C9H14ClN3. The topological polar surface area (TPSA) is 29.0 Å². The highest BCUT2D eigenvalue weighted by Crippen LogP contribution is 2.22. The molecule has 0 unspecified atom stereocenters. The largest absolute Gasteiger partial charge is 0.353 e. The molecule has 0 fully saturated rings. The van der Waals surface area contributed by atoms with Gasteiger partial charge >= 0.3 is 0 Å². The summed E-state index contributed by atoms with van der Waals surface area (Å²) in [5.74, 6) is 0.814. The van der Waals surface area contributed by atoms with Gasteiger partial charge in [0.1, 0.15) is 11.3 Å². The highest BCUT2D eigenvalue weighted by atomic mass is 35.5. The third-order valence-electron chi connectivity index (χ3n) is 1.88. The van der Waals surface area contributed by atoms with Crippen LogP contribution in [-0.4, -0.2) is 22.6 Å². The van der Waals surface area contributed by atoms with Crippen molar-refractivity contribution < 1.29 is 0 Å². The molecular weight excluding hydrogens is 186 g/mol. The van der Waals surface area contributed by atoms with E-state index in [2.05, 4.69) is 35.6 Å². The van der Waals surface area contributed by atoms with Gasteiger partial charge in [0, 0.05) is 12.6 Å². The van der Waals surface area contributed by atoms with Gasteiger partial charge in [0.25, 0.3) is 0 Å². The van der Waals surface area contributed by atoms with Crippen LogP contribution in [0.2, 0.25) is 5.02 Å². The average molecular weight is 200 g/mol. The zero-order chi connectivity index (χ0) is 9.84. The van der Waals surface area contributed by atoms with Gasteiger partial charge in [0.2, 0.25) is 0 Å². The van der Waals surface area contributed by atoms with E-state index in [0.29, 0.717) is 11.1 Å². The molecule has 13 heavy (non-hydrogen) atoms. The van der Waals surface area contributed by atoms with Crippen LogP contribution >= 0.6 is 11.6 Å². The summed E-state index contributed by atoms with van der Waals surface area (Å²) in [5.41, 5.74) is 0. The van der Waals surface area contributed by atoms with Gasteiger partial charge in [-0.15, -0.1) is 0 Å². The van der Waals surface area contributed by atoms with Gasteiger partial charge in [0.15, 0.2) is 5.82 Å². The van der Waals surface area contributed by atoms with Crippen LogP contribution in [0.4, 0.5) is 5.82 Å². The lowest BCUT2D eigenvalue weighted by Crippen LogP contribution is -2.31. The van der Waals surface area contributed by atoms with E-state index >= 15 is 0 Å². The Bertz CT molecular complexity index is 275. The van der Waals surface area contributed by atoms with Crippen molar-refractivity contribution in [3.63, 3.8) is 0 Å². The number of anilines is 1. The fourth-order valence-corrected chi connectivity index (χ4v) is 1.49. The van der Waals surface area contributed by atoms with E-state index < -0.39 is 0 Å². The third kappa shape index (κ3) is 2.31. The van der Waals surface area contributed by atoms with Crippen molar-refractivity contribution in [3.8, 4) is 0 Å². The molecule has 0 bridgehead atoms. The average Bonchev–Trinajstić information content (AvgIpc) is 2.09. The molecule has 0 radical (unpaired) electrons. The quantitative estimate of drug-likeness (QED) is 0.749. The maximum Gasteiger partial charge on any atom is 0.151 e. The number of aromatic nitrogens is 2. The Labute approximate surface area is 83.8 Å². The van der Waals surface area contributed by atoms with Gasteiger partial charge in [-0.05, 0) is 20.8 Å². The molecule has 0 aromatic carbocycles. The predicted octanol–water partition coefficient (Wildman–Crippen LogP) is 2.36. The Kier molecular flexibility index (Phi) is 3.48. The first-order valence-electron chi connectivity index (χ1n) is 4.39. The van der Waals surface area contributed by atoms with E-state index in [1.165, 1.54) is 6.33 Å². The van der Waals surface area contributed by atoms with E-state index in [-0.39, 0.29) is 0 Å². The summed E-state index contributed by atoms with van der Waals surface area (Å²) < 4.78 is 0. The highest BCUT2D eigenvalue weighted by molar-refractivity contribution is 6.32. The molecule has 1 heterocycles. The molecule has 4 heteroatoms. The number of rotatable bonds is 3. The molecule has 0 saturated carbocycles. The molecule has 0 saturated heterocycles. The molecule has 1 aromatic heterocycles. The second-order valence-electron chi connectivity index (χ2n) is 3.07. The van der Waals surface area contributed by atoms with E-state index in [4.69, 9.17) is 11.6 Å². The van der Waals surface area contributed by atoms with Crippen LogP contribution in [0, 0.1) is 0 Å². The van der Waals surface area contributed by atoms with Crippen LogP contribution in [0.3, 0.4) is 0 Å². The van der Waals surface area contributed by atoms with E-state index in [1.807, 2.05) is 0 Å².